The number of oxime groups is 1. The first kappa shape index (κ1) is 10.4. The summed E-state index contributed by atoms with van der Waals surface area (Å²) in [7, 11) is 1.62. The van der Waals surface area contributed by atoms with Crippen LogP contribution >= 0.6 is 0 Å². The minimum absolute atomic E-state index is 0.122. The second-order valence-corrected chi connectivity index (χ2v) is 4.72. The van der Waals surface area contributed by atoms with Crippen LogP contribution in [-0.4, -0.2) is 23.6 Å². The van der Waals surface area contributed by atoms with Gasteiger partial charge in [-0.15, -0.1) is 0 Å². The summed E-state index contributed by atoms with van der Waals surface area (Å²) >= 11 is 0. The van der Waals surface area contributed by atoms with Crippen LogP contribution in [0, 0.1) is 0 Å². The topological polar surface area (TPSA) is 51.0 Å². The van der Waals surface area contributed by atoms with Crippen molar-refractivity contribution in [3.63, 3.8) is 0 Å². The van der Waals surface area contributed by atoms with Gasteiger partial charge in [0.2, 0.25) is 0 Å². The molecule has 0 aromatic heterocycles. The minimum atomic E-state index is -0.122. The fraction of sp³-hybridized carbons (Fsp3) is 0.462. The molecule has 0 atom stereocenters. The zero-order valence-corrected chi connectivity index (χ0v) is 9.77. The van der Waals surface area contributed by atoms with Gasteiger partial charge in [-0.25, -0.2) is 0 Å². The molecule has 0 unspecified atom stereocenters. The Labute approximate surface area is 99.8 Å². The van der Waals surface area contributed by atoms with Gasteiger partial charge in [-0.1, -0.05) is 5.16 Å². The van der Waals surface area contributed by atoms with Crippen molar-refractivity contribution in [1.82, 2.24) is 0 Å². The summed E-state index contributed by atoms with van der Waals surface area (Å²) in [5, 5.41) is 12.6. The highest BCUT2D eigenvalue weighted by molar-refractivity contribution is 6.04. The zero-order valence-electron chi connectivity index (χ0n) is 9.77. The predicted molar refractivity (Wildman–Crippen MR) is 63.1 cm³/mol. The Morgan fingerprint density at radius 1 is 1.41 bits per heavy atom. The lowest BCUT2D eigenvalue weighted by Crippen LogP contribution is -2.47. The molecule has 0 saturated heterocycles. The van der Waals surface area contributed by atoms with Gasteiger partial charge in [-0.05, 0) is 37.5 Å². The second kappa shape index (κ2) is 3.65. The molecule has 90 valence electrons. The van der Waals surface area contributed by atoms with Gasteiger partial charge < -0.3 is 14.7 Å². The Morgan fingerprint density at radius 3 is 2.82 bits per heavy atom. The standard InChI is InChI=1S/C13H15NO3/c1-16-9-3-4-12-10(7-9)11(14-15)8-13(17-12)5-2-6-13/h3-4,7,15H,2,5-6,8H2,1H3. The van der Waals surface area contributed by atoms with Gasteiger partial charge in [0.1, 0.15) is 17.1 Å². The molecule has 1 spiro atoms. The van der Waals surface area contributed by atoms with Crippen molar-refractivity contribution >= 4 is 5.71 Å². The molecule has 1 aromatic rings. The van der Waals surface area contributed by atoms with Crippen LogP contribution in [0.3, 0.4) is 0 Å². The molecule has 2 aliphatic rings. The maximum atomic E-state index is 9.14. The maximum absolute atomic E-state index is 9.14. The summed E-state index contributed by atoms with van der Waals surface area (Å²) in [4.78, 5) is 0. The summed E-state index contributed by atoms with van der Waals surface area (Å²) in [6, 6.07) is 5.61. The van der Waals surface area contributed by atoms with Crippen LogP contribution in [0.1, 0.15) is 31.2 Å². The number of hydrogen-bond donors (Lipinski definition) is 1. The smallest absolute Gasteiger partial charge is 0.129 e. The quantitative estimate of drug-likeness (QED) is 0.599. The van der Waals surface area contributed by atoms with Crippen molar-refractivity contribution in [2.75, 3.05) is 7.11 Å². The first-order valence-corrected chi connectivity index (χ1v) is 5.85. The molecule has 1 heterocycles. The molecule has 1 aromatic carbocycles. The fourth-order valence-corrected chi connectivity index (χ4v) is 2.56. The van der Waals surface area contributed by atoms with E-state index in [0.717, 1.165) is 29.9 Å². The van der Waals surface area contributed by atoms with Crippen LogP contribution in [-0.2, 0) is 0 Å². The van der Waals surface area contributed by atoms with E-state index in [2.05, 4.69) is 5.16 Å². The third kappa shape index (κ3) is 1.55. The van der Waals surface area contributed by atoms with E-state index in [1.807, 2.05) is 18.2 Å². The molecule has 0 amide bonds. The first-order valence-electron chi connectivity index (χ1n) is 5.85. The van der Waals surface area contributed by atoms with E-state index >= 15 is 0 Å². The molecule has 1 fully saturated rings. The molecule has 17 heavy (non-hydrogen) atoms. The van der Waals surface area contributed by atoms with E-state index in [1.165, 1.54) is 6.42 Å². The lowest BCUT2D eigenvalue weighted by atomic mass is 9.74. The summed E-state index contributed by atoms with van der Waals surface area (Å²) < 4.78 is 11.2. The number of benzene rings is 1. The van der Waals surface area contributed by atoms with E-state index < -0.39 is 0 Å². The first-order chi connectivity index (χ1) is 8.26. The molecule has 3 rings (SSSR count). The van der Waals surface area contributed by atoms with Gasteiger partial charge in [-0.3, -0.25) is 0 Å². The molecule has 1 aliphatic heterocycles. The van der Waals surface area contributed by atoms with Gasteiger partial charge >= 0.3 is 0 Å². The van der Waals surface area contributed by atoms with Crippen molar-refractivity contribution < 1.29 is 14.7 Å². The van der Waals surface area contributed by atoms with Crippen LogP contribution in [0.5, 0.6) is 11.5 Å². The van der Waals surface area contributed by atoms with Crippen molar-refractivity contribution in [3.05, 3.63) is 23.8 Å². The minimum Gasteiger partial charge on any atom is -0.497 e. The van der Waals surface area contributed by atoms with Crippen LogP contribution in [0.4, 0.5) is 0 Å². The second-order valence-electron chi connectivity index (χ2n) is 4.72. The molecule has 1 N–H and O–H groups in total. The Balaban J connectivity index is 2.04. The zero-order chi connectivity index (χ0) is 11.9. The summed E-state index contributed by atoms with van der Waals surface area (Å²) in [6.07, 6.45) is 3.95. The largest absolute Gasteiger partial charge is 0.497 e. The van der Waals surface area contributed by atoms with Crippen LogP contribution in [0.25, 0.3) is 0 Å². The molecule has 1 saturated carbocycles. The highest BCUT2D eigenvalue weighted by Crippen LogP contribution is 2.45. The Kier molecular flexibility index (Phi) is 2.24. The van der Waals surface area contributed by atoms with Gasteiger partial charge in [0, 0.05) is 12.0 Å². The summed E-state index contributed by atoms with van der Waals surface area (Å²) in [5.74, 6) is 1.54. The molecular formula is C13H15NO3. The molecular weight excluding hydrogens is 218 g/mol. The molecule has 0 radical (unpaired) electrons. The van der Waals surface area contributed by atoms with Gasteiger partial charge in [-0.2, -0.15) is 0 Å². The Morgan fingerprint density at radius 2 is 2.24 bits per heavy atom. The maximum Gasteiger partial charge on any atom is 0.129 e. The molecule has 1 aliphatic carbocycles. The van der Waals surface area contributed by atoms with Crippen LogP contribution in [0.2, 0.25) is 0 Å². The number of methoxy groups -OCH3 is 1. The number of fused-ring (bicyclic) bond motifs is 1. The highest BCUT2D eigenvalue weighted by atomic mass is 16.5. The molecule has 0 bridgehead atoms. The molecule has 4 heteroatoms. The third-order valence-electron chi connectivity index (χ3n) is 3.70. The van der Waals surface area contributed by atoms with Crippen molar-refractivity contribution in [1.29, 1.82) is 0 Å². The average molecular weight is 233 g/mol. The third-order valence-corrected chi connectivity index (χ3v) is 3.70. The van der Waals surface area contributed by atoms with Crippen molar-refractivity contribution in [2.24, 2.45) is 5.16 Å². The summed E-state index contributed by atoms with van der Waals surface area (Å²) in [5.41, 5.74) is 1.41. The number of hydrogen-bond acceptors (Lipinski definition) is 4. The van der Waals surface area contributed by atoms with E-state index in [4.69, 9.17) is 14.7 Å². The normalized spacial score (nSPS) is 22.8. The lowest BCUT2D eigenvalue weighted by Gasteiger charge is -2.45. The SMILES string of the molecule is COc1ccc2c(c1)C(=NO)CC1(CCC1)O2. The van der Waals surface area contributed by atoms with E-state index in [0.29, 0.717) is 12.1 Å². The number of ether oxygens (including phenoxy) is 2. The predicted octanol–water partition coefficient (Wildman–Crippen LogP) is 2.58. The monoisotopic (exact) mass is 233 g/mol. The van der Waals surface area contributed by atoms with Crippen LogP contribution in [0.15, 0.2) is 23.4 Å². The van der Waals surface area contributed by atoms with Crippen LogP contribution < -0.4 is 9.47 Å². The van der Waals surface area contributed by atoms with E-state index in [9.17, 15) is 0 Å². The fourth-order valence-electron chi connectivity index (χ4n) is 2.56. The van der Waals surface area contributed by atoms with E-state index in [-0.39, 0.29) is 5.60 Å². The summed E-state index contributed by atoms with van der Waals surface area (Å²) in [6.45, 7) is 0. The number of nitrogens with zero attached hydrogens (tertiary/aromatic N) is 1. The molecule has 4 nitrogen and oxygen atoms in total. The Hall–Kier alpha value is -1.71. The highest BCUT2D eigenvalue weighted by Gasteiger charge is 2.44. The number of rotatable bonds is 1. The van der Waals surface area contributed by atoms with Gasteiger partial charge in [0.05, 0.1) is 12.8 Å². The van der Waals surface area contributed by atoms with Gasteiger partial charge in [0.25, 0.3) is 0 Å². The lowest BCUT2D eigenvalue weighted by molar-refractivity contribution is -0.00550. The Bertz CT molecular complexity index is 478. The van der Waals surface area contributed by atoms with Crippen molar-refractivity contribution in [2.45, 2.75) is 31.3 Å². The van der Waals surface area contributed by atoms with Crippen molar-refractivity contribution in [3.8, 4) is 11.5 Å². The van der Waals surface area contributed by atoms with Gasteiger partial charge in [0.15, 0.2) is 0 Å². The average Bonchev–Trinajstić information content (AvgIpc) is 2.34. The van der Waals surface area contributed by atoms with E-state index in [1.54, 1.807) is 7.11 Å².